The van der Waals surface area contributed by atoms with Gasteiger partial charge in [-0.05, 0) is 46.0 Å². The van der Waals surface area contributed by atoms with E-state index in [9.17, 15) is 4.79 Å². The molecule has 0 spiro atoms. The van der Waals surface area contributed by atoms with Gasteiger partial charge in [0.25, 0.3) is 9.04 Å². The van der Waals surface area contributed by atoms with E-state index in [-0.39, 0.29) is 15.9 Å². The number of hydrogen-bond acceptors (Lipinski definition) is 2. The summed E-state index contributed by atoms with van der Waals surface area (Å²) in [5, 5.41) is 1.45. The number of hydrogen-bond donors (Lipinski definition) is 0. The lowest BCUT2D eigenvalue weighted by Gasteiger charge is -2.68. The second-order valence-corrected chi connectivity index (χ2v) is 12.3. The molecule has 0 heterocycles. The highest BCUT2D eigenvalue weighted by atomic mass is 28.3. The molecule has 0 atom stereocenters. The zero-order valence-corrected chi connectivity index (χ0v) is 16.9. The van der Waals surface area contributed by atoms with Gasteiger partial charge in [0, 0.05) is 12.0 Å². The van der Waals surface area contributed by atoms with Gasteiger partial charge < -0.3 is 9.22 Å². The number of rotatable bonds is 6. The quantitative estimate of drug-likeness (QED) is 0.547. The highest BCUT2D eigenvalue weighted by Crippen LogP contribution is 2.72. The van der Waals surface area contributed by atoms with Crippen molar-refractivity contribution in [1.29, 1.82) is 0 Å². The summed E-state index contributed by atoms with van der Waals surface area (Å²) in [4.78, 5) is 11.2. The fourth-order valence-electron chi connectivity index (χ4n) is 4.84. The molecule has 5 rings (SSSR count). The Hall–Kier alpha value is -1.71. The molecular formula is C23H27O2Si. The summed E-state index contributed by atoms with van der Waals surface area (Å²) in [5.41, 5.74) is 2.84. The Morgan fingerprint density at radius 1 is 1.00 bits per heavy atom. The fraction of sp³-hybridized carbons (Fsp3) is 0.435. The monoisotopic (exact) mass is 363 g/mol. The number of carbonyl (C=O) groups is 1. The van der Waals surface area contributed by atoms with Crippen LogP contribution < -0.4 is 5.19 Å². The maximum atomic E-state index is 11.2. The first-order valence-corrected chi connectivity index (χ1v) is 10.9. The molecule has 2 nitrogen and oxygen atoms in total. The Balaban J connectivity index is 1.59. The molecule has 0 N–H and O–H groups in total. The van der Waals surface area contributed by atoms with E-state index in [1.807, 2.05) is 0 Å². The van der Waals surface area contributed by atoms with Crippen molar-refractivity contribution >= 4 is 20.5 Å². The van der Waals surface area contributed by atoms with Gasteiger partial charge in [-0.2, -0.15) is 0 Å². The van der Waals surface area contributed by atoms with Crippen molar-refractivity contribution in [2.45, 2.75) is 45.1 Å². The Morgan fingerprint density at radius 3 is 2.23 bits per heavy atom. The molecule has 3 heteroatoms. The van der Waals surface area contributed by atoms with Crippen LogP contribution >= 0.6 is 0 Å². The third kappa shape index (κ3) is 2.97. The van der Waals surface area contributed by atoms with Crippen molar-refractivity contribution < 1.29 is 9.22 Å². The maximum Gasteiger partial charge on any atom is 0.253 e. The summed E-state index contributed by atoms with van der Waals surface area (Å²) in [6.07, 6.45) is 4.27. The first-order chi connectivity index (χ1) is 12.4. The van der Waals surface area contributed by atoms with Gasteiger partial charge in [-0.15, -0.1) is 0 Å². The molecule has 0 saturated heterocycles. The van der Waals surface area contributed by atoms with Crippen molar-refractivity contribution in [3.05, 3.63) is 54.6 Å². The number of carbonyl (C=O) groups excluding carboxylic acids is 1. The van der Waals surface area contributed by atoms with E-state index < -0.39 is 9.04 Å². The molecule has 1 radical (unpaired) electrons. The van der Waals surface area contributed by atoms with Crippen LogP contribution in [0.15, 0.2) is 54.6 Å². The van der Waals surface area contributed by atoms with Crippen molar-refractivity contribution in [2.24, 2.45) is 10.8 Å². The van der Waals surface area contributed by atoms with Crippen LogP contribution in [0.3, 0.4) is 0 Å². The Kier molecular flexibility index (Phi) is 4.20. The second-order valence-electron chi connectivity index (χ2n) is 9.29. The van der Waals surface area contributed by atoms with E-state index in [2.05, 4.69) is 75.4 Å². The van der Waals surface area contributed by atoms with Crippen molar-refractivity contribution in [3.63, 3.8) is 0 Å². The van der Waals surface area contributed by atoms with Crippen LogP contribution in [0.25, 0.3) is 11.1 Å². The second kappa shape index (κ2) is 6.17. The summed E-state index contributed by atoms with van der Waals surface area (Å²) in [6.45, 7) is 7.67. The first kappa shape index (κ1) is 17.7. The molecule has 0 aliphatic heterocycles. The predicted molar refractivity (Wildman–Crippen MR) is 108 cm³/mol. The SMILES string of the molecule is CC(C)(C)[Si](OCC12CC(C=O)(C1)C2)c1ccccc1-c1ccccc1. The molecular weight excluding hydrogens is 336 g/mol. The van der Waals surface area contributed by atoms with Crippen molar-refractivity contribution in [2.75, 3.05) is 6.61 Å². The van der Waals surface area contributed by atoms with Gasteiger partial charge in [-0.25, -0.2) is 0 Å². The largest absolute Gasteiger partial charge is 0.411 e. The van der Waals surface area contributed by atoms with E-state index in [4.69, 9.17) is 4.43 Å². The lowest BCUT2D eigenvalue weighted by atomic mass is 9.36. The van der Waals surface area contributed by atoms with E-state index >= 15 is 0 Å². The lowest BCUT2D eigenvalue weighted by Crippen LogP contribution is -2.65. The lowest BCUT2D eigenvalue weighted by molar-refractivity contribution is -0.205. The molecule has 2 aromatic carbocycles. The molecule has 0 aromatic heterocycles. The third-order valence-corrected chi connectivity index (χ3v) is 8.61. The Labute approximate surface area is 158 Å². The van der Waals surface area contributed by atoms with Gasteiger partial charge in [-0.3, -0.25) is 0 Å². The summed E-state index contributed by atoms with van der Waals surface area (Å²) < 4.78 is 6.68. The minimum absolute atomic E-state index is 0.0138. The average Bonchev–Trinajstić information content (AvgIpc) is 2.56. The smallest absolute Gasteiger partial charge is 0.253 e. The molecule has 3 aliphatic rings. The summed E-state index contributed by atoms with van der Waals surface area (Å²) >= 11 is 0. The van der Waals surface area contributed by atoms with E-state index in [1.165, 1.54) is 22.6 Å². The first-order valence-electron chi connectivity index (χ1n) is 9.48. The topological polar surface area (TPSA) is 26.3 Å². The van der Waals surface area contributed by atoms with Crippen LogP contribution in [-0.4, -0.2) is 21.9 Å². The Bertz CT molecular complexity index is 787. The van der Waals surface area contributed by atoms with E-state index in [1.54, 1.807) is 0 Å². The average molecular weight is 364 g/mol. The van der Waals surface area contributed by atoms with Gasteiger partial charge >= 0.3 is 0 Å². The standard InChI is InChI=1S/C23H27O2Si/c1-21(2,3)26(25-17-23-13-22(14-23,15-23)16-24)20-12-8-7-11-19(20)18-9-5-4-6-10-18/h4-12,16H,13-15,17H2,1-3H3. The van der Waals surface area contributed by atoms with Gasteiger partial charge in [0.05, 0.1) is 0 Å². The van der Waals surface area contributed by atoms with Crippen LogP contribution in [-0.2, 0) is 9.22 Å². The summed E-state index contributed by atoms with van der Waals surface area (Å²) in [6, 6.07) is 19.3. The van der Waals surface area contributed by atoms with E-state index in [0.717, 1.165) is 25.9 Å². The third-order valence-electron chi connectivity index (χ3n) is 5.89. The number of aldehydes is 1. The summed E-state index contributed by atoms with van der Waals surface area (Å²) in [5.74, 6) is 0. The summed E-state index contributed by atoms with van der Waals surface area (Å²) in [7, 11) is -1.21. The van der Waals surface area contributed by atoms with Crippen LogP contribution in [0.5, 0.6) is 0 Å². The van der Waals surface area contributed by atoms with E-state index in [0.29, 0.717) is 0 Å². The number of benzene rings is 2. The molecule has 2 bridgehead atoms. The van der Waals surface area contributed by atoms with Gasteiger partial charge in [0.1, 0.15) is 6.29 Å². The fourth-order valence-corrected chi connectivity index (χ4v) is 7.40. The van der Waals surface area contributed by atoms with Crippen molar-refractivity contribution in [3.8, 4) is 11.1 Å². The van der Waals surface area contributed by atoms with Gasteiger partial charge in [-0.1, -0.05) is 75.4 Å². The predicted octanol–water partition coefficient (Wildman–Crippen LogP) is 4.74. The van der Waals surface area contributed by atoms with Crippen molar-refractivity contribution in [1.82, 2.24) is 0 Å². The molecule has 3 aliphatic carbocycles. The molecule has 3 fully saturated rings. The maximum absolute atomic E-state index is 11.2. The normalized spacial score (nSPS) is 26.9. The highest BCUT2D eigenvalue weighted by molar-refractivity contribution is 6.71. The van der Waals surface area contributed by atoms with Crippen LogP contribution in [0.4, 0.5) is 0 Å². The molecule has 26 heavy (non-hydrogen) atoms. The van der Waals surface area contributed by atoms with Crippen LogP contribution in [0.2, 0.25) is 5.04 Å². The minimum atomic E-state index is -1.21. The molecule has 3 saturated carbocycles. The van der Waals surface area contributed by atoms with Gasteiger partial charge in [0.15, 0.2) is 0 Å². The molecule has 0 amide bonds. The highest BCUT2D eigenvalue weighted by Gasteiger charge is 2.67. The van der Waals surface area contributed by atoms with Crippen LogP contribution in [0.1, 0.15) is 40.0 Å². The zero-order chi connectivity index (χ0) is 18.4. The van der Waals surface area contributed by atoms with Gasteiger partial charge in [0.2, 0.25) is 0 Å². The molecule has 135 valence electrons. The Morgan fingerprint density at radius 2 is 1.62 bits per heavy atom. The minimum Gasteiger partial charge on any atom is -0.411 e. The zero-order valence-electron chi connectivity index (χ0n) is 15.9. The van der Waals surface area contributed by atoms with Crippen LogP contribution in [0, 0.1) is 10.8 Å². The molecule has 2 aromatic rings. The molecule has 0 unspecified atom stereocenters.